The normalized spacial score (nSPS) is 10.0. The van der Waals surface area contributed by atoms with Gasteiger partial charge in [-0.2, -0.15) is 0 Å². The summed E-state index contributed by atoms with van der Waals surface area (Å²) in [5, 5.41) is 0. The molecule has 0 bridgehead atoms. The monoisotopic (exact) mass is 225 g/mol. The van der Waals surface area contributed by atoms with Crippen molar-refractivity contribution in [2.24, 2.45) is 0 Å². The molecule has 0 fully saturated rings. The molecule has 0 heterocycles. The first-order valence-electron chi connectivity index (χ1n) is 4.88. The molecule has 0 aliphatic carbocycles. The van der Waals surface area contributed by atoms with Crippen LogP contribution in [-0.4, -0.2) is 18.3 Å². The van der Waals surface area contributed by atoms with E-state index in [9.17, 15) is 4.79 Å². The lowest BCUT2D eigenvalue weighted by molar-refractivity contribution is 0.0527. The molecule has 0 aliphatic rings. The Hall–Kier alpha value is -1.16. The molecule has 0 atom stereocenters. The second-order valence-electron chi connectivity index (χ2n) is 2.90. The number of hydrogen-bond acceptors (Lipinski definition) is 4. The van der Waals surface area contributed by atoms with E-state index in [0.717, 1.165) is 10.6 Å². The van der Waals surface area contributed by atoms with Crippen molar-refractivity contribution in [3.05, 3.63) is 23.8 Å². The molecule has 4 heteroatoms. The van der Waals surface area contributed by atoms with Crippen molar-refractivity contribution in [2.75, 3.05) is 18.1 Å². The van der Waals surface area contributed by atoms with Gasteiger partial charge in [0.1, 0.15) is 0 Å². The largest absolute Gasteiger partial charge is 0.462 e. The summed E-state index contributed by atoms with van der Waals surface area (Å²) in [6.07, 6.45) is 0. The van der Waals surface area contributed by atoms with E-state index in [1.165, 1.54) is 0 Å². The fourth-order valence-corrected chi connectivity index (χ4v) is 1.88. The van der Waals surface area contributed by atoms with Crippen LogP contribution in [0.1, 0.15) is 24.2 Å². The lowest BCUT2D eigenvalue weighted by Gasteiger charge is -2.07. The molecular formula is C11H15NO2S. The van der Waals surface area contributed by atoms with Crippen LogP contribution in [0.4, 0.5) is 5.69 Å². The number of nitrogen functional groups attached to an aromatic ring is 1. The minimum atomic E-state index is -0.353. The van der Waals surface area contributed by atoms with Crippen LogP contribution in [0.25, 0.3) is 0 Å². The zero-order chi connectivity index (χ0) is 11.3. The van der Waals surface area contributed by atoms with Crippen molar-refractivity contribution in [3.8, 4) is 0 Å². The number of rotatable bonds is 4. The summed E-state index contributed by atoms with van der Waals surface area (Å²) in [6, 6.07) is 5.43. The average molecular weight is 225 g/mol. The highest BCUT2D eigenvalue weighted by Gasteiger charge is 2.11. The van der Waals surface area contributed by atoms with Gasteiger partial charge in [0, 0.05) is 10.6 Å². The summed E-state index contributed by atoms with van der Waals surface area (Å²) in [6.45, 7) is 4.20. The summed E-state index contributed by atoms with van der Waals surface area (Å²) in [7, 11) is 0. The molecule has 3 nitrogen and oxygen atoms in total. The van der Waals surface area contributed by atoms with Gasteiger partial charge in [-0.15, -0.1) is 11.8 Å². The Balaban J connectivity index is 2.94. The third-order valence-corrected chi connectivity index (χ3v) is 2.71. The Morgan fingerprint density at radius 3 is 2.80 bits per heavy atom. The number of thioether (sulfide) groups is 1. The first-order valence-corrected chi connectivity index (χ1v) is 5.87. The zero-order valence-electron chi connectivity index (χ0n) is 8.95. The first kappa shape index (κ1) is 11.9. The van der Waals surface area contributed by atoms with E-state index in [0.29, 0.717) is 17.9 Å². The van der Waals surface area contributed by atoms with Crippen LogP contribution in [0.3, 0.4) is 0 Å². The summed E-state index contributed by atoms with van der Waals surface area (Å²) in [4.78, 5) is 12.5. The van der Waals surface area contributed by atoms with Gasteiger partial charge in [-0.3, -0.25) is 0 Å². The summed E-state index contributed by atoms with van der Waals surface area (Å²) < 4.78 is 4.91. The average Bonchev–Trinajstić information content (AvgIpc) is 2.21. The van der Waals surface area contributed by atoms with Gasteiger partial charge in [-0.25, -0.2) is 4.79 Å². The topological polar surface area (TPSA) is 52.3 Å². The predicted molar refractivity (Wildman–Crippen MR) is 63.2 cm³/mol. The van der Waals surface area contributed by atoms with E-state index >= 15 is 0 Å². The first-order chi connectivity index (χ1) is 7.19. The van der Waals surface area contributed by atoms with Gasteiger partial charge in [0.15, 0.2) is 0 Å². The van der Waals surface area contributed by atoms with Crippen molar-refractivity contribution in [3.63, 3.8) is 0 Å². The lowest BCUT2D eigenvalue weighted by Crippen LogP contribution is -2.07. The highest BCUT2D eigenvalue weighted by molar-refractivity contribution is 7.99. The number of esters is 1. The van der Waals surface area contributed by atoms with Gasteiger partial charge in [0.2, 0.25) is 0 Å². The molecule has 2 N–H and O–H groups in total. The highest BCUT2D eigenvalue weighted by atomic mass is 32.2. The number of benzene rings is 1. The molecule has 0 radical (unpaired) electrons. The van der Waals surface area contributed by atoms with E-state index in [-0.39, 0.29) is 5.97 Å². The number of ether oxygens (including phenoxy) is 1. The number of carbonyl (C=O) groups excluding carboxylic acids is 1. The fraction of sp³-hybridized carbons (Fsp3) is 0.364. The van der Waals surface area contributed by atoms with Gasteiger partial charge < -0.3 is 10.5 Å². The molecule has 15 heavy (non-hydrogen) atoms. The number of anilines is 1. The number of nitrogens with two attached hydrogens (primary N) is 1. The van der Waals surface area contributed by atoms with Crippen LogP contribution in [0, 0.1) is 0 Å². The van der Waals surface area contributed by atoms with Gasteiger partial charge in [-0.05, 0) is 30.9 Å². The minimum Gasteiger partial charge on any atom is -0.462 e. The summed E-state index contributed by atoms with van der Waals surface area (Å²) >= 11 is 1.67. The molecule has 0 aliphatic heterocycles. The van der Waals surface area contributed by atoms with Crippen LogP contribution in [0.2, 0.25) is 0 Å². The van der Waals surface area contributed by atoms with Gasteiger partial charge >= 0.3 is 5.97 Å². The van der Waals surface area contributed by atoms with Crippen molar-refractivity contribution in [1.29, 1.82) is 0 Å². The quantitative estimate of drug-likeness (QED) is 0.486. The Morgan fingerprint density at radius 2 is 2.20 bits per heavy atom. The predicted octanol–water partition coefficient (Wildman–Crippen LogP) is 2.56. The van der Waals surface area contributed by atoms with Crippen LogP contribution in [-0.2, 0) is 4.74 Å². The van der Waals surface area contributed by atoms with Crippen molar-refractivity contribution in [2.45, 2.75) is 18.7 Å². The Labute approximate surface area is 94.0 Å². The molecule has 1 aromatic carbocycles. The summed E-state index contributed by atoms with van der Waals surface area (Å²) in [5.41, 5.74) is 6.63. The number of hydrogen-bond donors (Lipinski definition) is 1. The molecule has 0 spiro atoms. The number of carbonyl (C=O) groups is 1. The molecule has 0 amide bonds. The standard InChI is InChI=1S/C11H15NO2S/c1-3-14-11(13)9-7-8(15-4-2)5-6-10(9)12/h5-7H,3-4,12H2,1-2H3. The van der Waals surface area contributed by atoms with E-state index in [1.807, 2.05) is 6.07 Å². The lowest BCUT2D eigenvalue weighted by atomic mass is 10.2. The maximum absolute atomic E-state index is 11.5. The molecule has 0 aromatic heterocycles. The zero-order valence-corrected chi connectivity index (χ0v) is 9.76. The Morgan fingerprint density at radius 1 is 1.47 bits per heavy atom. The second kappa shape index (κ2) is 5.66. The van der Waals surface area contributed by atoms with Gasteiger partial charge in [-0.1, -0.05) is 6.92 Å². The third kappa shape index (κ3) is 3.16. The van der Waals surface area contributed by atoms with Crippen LogP contribution >= 0.6 is 11.8 Å². The fourth-order valence-electron chi connectivity index (χ4n) is 1.18. The molecule has 82 valence electrons. The van der Waals surface area contributed by atoms with Gasteiger partial charge in [0.05, 0.1) is 12.2 Å². The van der Waals surface area contributed by atoms with Crippen LogP contribution < -0.4 is 5.73 Å². The third-order valence-electron chi connectivity index (χ3n) is 1.83. The van der Waals surface area contributed by atoms with Crippen molar-refractivity contribution < 1.29 is 9.53 Å². The maximum atomic E-state index is 11.5. The van der Waals surface area contributed by atoms with E-state index < -0.39 is 0 Å². The molecule has 1 aromatic rings. The highest BCUT2D eigenvalue weighted by Crippen LogP contribution is 2.23. The van der Waals surface area contributed by atoms with Gasteiger partial charge in [0.25, 0.3) is 0 Å². The minimum absolute atomic E-state index is 0.353. The van der Waals surface area contributed by atoms with E-state index in [1.54, 1.807) is 30.8 Å². The van der Waals surface area contributed by atoms with Crippen LogP contribution in [0.5, 0.6) is 0 Å². The smallest absolute Gasteiger partial charge is 0.340 e. The van der Waals surface area contributed by atoms with E-state index in [4.69, 9.17) is 10.5 Å². The van der Waals surface area contributed by atoms with Crippen LogP contribution in [0.15, 0.2) is 23.1 Å². The summed E-state index contributed by atoms with van der Waals surface area (Å²) in [5.74, 6) is 0.611. The molecule has 0 unspecified atom stereocenters. The second-order valence-corrected chi connectivity index (χ2v) is 4.24. The molecular weight excluding hydrogens is 210 g/mol. The molecule has 0 saturated carbocycles. The van der Waals surface area contributed by atoms with Crippen molar-refractivity contribution in [1.82, 2.24) is 0 Å². The SMILES string of the molecule is CCOC(=O)c1cc(SCC)ccc1N. The molecule has 1 rings (SSSR count). The van der Waals surface area contributed by atoms with E-state index in [2.05, 4.69) is 6.92 Å². The Bertz CT molecular complexity index is 352. The van der Waals surface area contributed by atoms with Crippen molar-refractivity contribution >= 4 is 23.4 Å². The Kier molecular flexibility index (Phi) is 4.49. The maximum Gasteiger partial charge on any atom is 0.340 e. The molecule has 0 saturated heterocycles.